The molecule has 0 saturated heterocycles. The van der Waals surface area contributed by atoms with Gasteiger partial charge in [0, 0.05) is 5.90 Å². The van der Waals surface area contributed by atoms with E-state index < -0.39 is 0 Å². The number of rotatable bonds is 2. The predicted octanol–water partition coefficient (Wildman–Crippen LogP) is 5.40. The highest BCUT2D eigenvalue weighted by Gasteiger charge is 2.03. The highest BCUT2D eigenvalue weighted by atomic mass is 31.1. The van der Waals surface area contributed by atoms with Crippen molar-refractivity contribution in [3.05, 3.63) is 45.4 Å². The van der Waals surface area contributed by atoms with Crippen LogP contribution in [-0.2, 0) is 5.90 Å². The van der Waals surface area contributed by atoms with Crippen LogP contribution < -0.4 is 0 Å². The van der Waals surface area contributed by atoms with Gasteiger partial charge in [-0.25, -0.2) is 0 Å². The second kappa shape index (κ2) is 4.20. The Bertz CT molecular complexity index is 391. The molecule has 0 bridgehead atoms. The van der Waals surface area contributed by atoms with Gasteiger partial charge in [0.25, 0.3) is 0 Å². The Labute approximate surface area is 94.5 Å². The molecule has 2 rings (SSSR count). The zero-order valence-electron chi connectivity index (χ0n) is 9.91. The van der Waals surface area contributed by atoms with Crippen LogP contribution in [0, 0.1) is 27.7 Å². The minimum atomic E-state index is 0.0426. The minimum Gasteiger partial charge on any atom is -0.116 e. The van der Waals surface area contributed by atoms with Gasteiger partial charge >= 0.3 is 0 Å². The molecular formula is C13H18P2. The Kier molecular flexibility index (Phi) is 3.10. The van der Waals surface area contributed by atoms with Crippen LogP contribution in [0.4, 0.5) is 0 Å². The molecule has 0 unspecified atom stereocenters. The molecule has 2 aromatic heterocycles. The summed E-state index contributed by atoms with van der Waals surface area (Å²) in [6.45, 7) is 8.94. The van der Waals surface area contributed by atoms with Crippen molar-refractivity contribution in [3.8, 4) is 0 Å². The van der Waals surface area contributed by atoms with Crippen molar-refractivity contribution in [3.63, 3.8) is 0 Å². The van der Waals surface area contributed by atoms with Gasteiger partial charge < -0.3 is 0 Å². The maximum Gasteiger partial charge on any atom is 0.0246 e. The summed E-state index contributed by atoms with van der Waals surface area (Å²) in [7, 11) is 0.0852. The molecule has 0 aliphatic rings. The van der Waals surface area contributed by atoms with Crippen LogP contribution in [0.5, 0.6) is 0 Å². The van der Waals surface area contributed by atoms with E-state index in [1.807, 2.05) is 0 Å². The lowest BCUT2D eigenvalue weighted by Crippen LogP contribution is -1.63. The zero-order valence-corrected chi connectivity index (χ0v) is 11.7. The summed E-state index contributed by atoms with van der Waals surface area (Å²) in [6, 6.07) is 0. The van der Waals surface area contributed by atoms with Crippen molar-refractivity contribution in [1.29, 1.82) is 0 Å². The molecule has 80 valence electrons. The first-order valence-corrected chi connectivity index (χ1v) is 8.65. The first-order chi connectivity index (χ1) is 7.06. The fourth-order valence-corrected chi connectivity index (χ4v) is 7.60. The molecule has 0 N–H and O–H groups in total. The Morgan fingerprint density at radius 3 is 1.20 bits per heavy atom. The third kappa shape index (κ3) is 2.39. The molecule has 2 aromatic rings. The fraction of sp³-hybridized carbons (Fsp3) is 0.385. The minimum absolute atomic E-state index is 0.0426. The highest BCUT2D eigenvalue weighted by Crippen LogP contribution is 2.46. The average Bonchev–Trinajstić information content (AvgIpc) is 2.59. The van der Waals surface area contributed by atoms with Crippen molar-refractivity contribution in [2.75, 3.05) is 0 Å². The summed E-state index contributed by atoms with van der Waals surface area (Å²) < 4.78 is 0. The Morgan fingerprint density at radius 2 is 0.933 bits per heavy atom. The van der Waals surface area contributed by atoms with Crippen LogP contribution in [0.2, 0.25) is 0 Å². The third-order valence-electron chi connectivity index (χ3n) is 3.01. The number of hydrogen-bond donors (Lipinski definition) is 0. The summed E-state index contributed by atoms with van der Waals surface area (Å²) in [6.07, 6.45) is 0. The first-order valence-electron chi connectivity index (χ1n) is 5.32. The Balaban J connectivity index is 2.21. The maximum absolute atomic E-state index is 2.48. The molecule has 0 nitrogen and oxygen atoms in total. The van der Waals surface area contributed by atoms with E-state index >= 15 is 0 Å². The van der Waals surface area contributed by atoms with Crippen molar-refractivity contribution in [2.45, 2.75) is 33.6 Å². The normalized spacial score (nSPS) is 10.9. The summed E-state index contributed by atoms with van der Waals surface area (Å²) >= 11 is 0. The van der Waals surface area contributed by atoms with E-state index in [1.165, 1.54) is 28.2 Å². The summed E-state index contributed by atoms with van der Waals surface area (Å²) in [5, 5.41) is 0. The molecule has 15 heavy (non-hydrogen) atoms. The van der Waals surface area contributed by atoms with Gasteiger partial charge in [-0.3, -0.25) is 0 Å². The fourth-order valence-electron chi connectivity index (χ4n) is 1.83. The lowest BCUT2D eigenvalue weighted by molar-refractivity contribution is 1.41. The summed E-state index contributed by atoms with van der Waals surface area (Å²) in [5.41, 5.74) is 5.99. The van der Waals surface area contributed by atoms with E-state index in [1.54, 1.807) is 0 Å². The lowest BCUT2D eigenvalue weighted by Gasteiger charge is -1.95. The van der Waals surface area contributed by atoms with Crippen LogP contribution in [0.25, 0.3) is 0 Å². The molecule has 0 amide bonds. The van der Waals surface area contributed by atoms with Crippen molar-refractivity contribution in [1.82, 2.24) is 0 Å². The van der Waals surface area contributed by atoms with Gasteiger partial charge in [0.15, 0.2) is 0 Å². The maximum atomic E-state index is 2.48. The van der Waals surface area contributed by atoms with Gasteiger partial charge in [-0.05, 0) is 73.1 Å². The standard InChI is InChI=1S/C13H18P2/c1-10-5-14(6-11(10)2)9-15-7-12(3)13(4)8-15/h5-8H,9H2,1-4H3. The number of hydrogen-bond acceptors (Lipinski definition) is 0. The molecule has 0 atom stereocenters. The third-order valence-corrected chi connectivity index (χ3v) is 8.50. The lowest BCUT2D eigenvalue weighted by atomic mass is 10.2. The van der Waals surface area contributed by atoms with E-state index in [4.69, 9.17) is 0 Å². The van der Waals surface area contributed by atoms with Crippen molar-refractivity contribution < 1.29 is 0 Å². The van der Waals surface area contributed by atoms with E-state index in [9.17, 15) is 0 Å². The molecule has 0 aliphatic carbocycles. The smallest absolute Gasteiger partial charge is 0.0246 e. The quantitative estimate of drug-likeness (QED) is 0.654. The van der Waals surface area contributed by atoms with Crippen molar-refractivity contribution >= 4 is 15.1 Å². The van der Waals surface area contributed by atoms with Gasteiger partial charge in [-0.15, -0.1) is 15.1 Å². The van der Waals surface area contributed by atoms with Gasteiger partial charge in [0.05, 0.1) is 0 Å². The molecule has 0 spiro atoms. The molecule has 2 heteroatoms. The van der Waals surface area contributed by atoms with Gasteiger partial charge in [-0.1, -0.05) is 0 Å². The van der Waals surface area contributed by atoms with E-state index in [-0.39, 0.29) is 15.1 Å². The largest absolute Gasteiger partial charge is 0.116 e. The summed E-state index contributed by atoms with van der Waals surface area (Å²) in [5.74, 6) is 11.3. The van der Waals surface area contributed by atoms with E-state index in [0.717, 1.165) is 0 Å². The van der Waals surface area contributed by atoms with Crippen LogP contribution in [-0.4, -0.2) is 0 Å². The topological polar surface area (TPSA) is 0 Å². The second-order valence-corrected chi connectivity index (χ2v) is 8.64. The molecule has 0 aromatic carbocycles. The van der Waals surface area contributed by atoms with Gasteiger partial charge in [-0.2, -0.15) is 0 Å². The predicted molar refractivity (Wildman–Crippen MR) is 72.6 cm³/mol. The molecule has 0 radical (unpaired) electrons. The Hall–Kier alpha value is -0.440. The van der Waals surface area contributed by atoms with Crippen LogP contribution in [0.1, 0.15) is 22.3 Å². The van der Waals surface area contributed by atoms with Crippen LogP contribution in [0.15, 0.2) is 23.2 Å². The summed E-state index contributed by atoms with van der Waals surface area (Å²) in [4.78, 5) is 0. The van der Waals surface area contributed by atoms with E-state index in [0.29, 0.717) is 0 Å². The molecule has 0 fully saturated rings. The molecule has 0 aliphatic heterocycles. The molecule has 2 heterocycles. The Morgan fingerprint density at radius 1 is 0.667 bits per heavy atom. The monoisotopic (exact) mass is 236 g/mol. The second-order valence-electron chi connectivity index (χ2n) is 4.42. The molecular weight excluding hydrogens is 218 g/mol. The van der Waals surface area contributed by atoms with E-state index in [2.05, 4.69) is 50.9 Å². The first kappa shape index (κ1) is 11.1. The van der Waals surface area contributed by atoms with Gasteiger partial charge in [0.1, 0.15) is 0 Å². The zero-order chi connectivity index (χ0) is 11.0. The SMILES string of the molecule is Cc1cp(Cp2cc(C)c(C)c2)cc1C. The van der Waals surface area contributed by atoms with Gasteiger partial charge in [0.2, 0.25) is 0 Å². The molecule has 0 saturated carbocycles. The van der Waals surface area contributed by atoms with Crippen LogP contribution >= 0.6 is 15.1 Å². The highest BCUT2D eigenvalue weighted by molar-refractivity contribution is 7.64. The van der Waals surface area contributed by atoms with Crippen molar-refractivity contribution in [2.24, 2.45) is 0 Å². The average molecular weight is 236 g/mol. The van der Waals surface area contributed by atoms with Crippen LogP contribution in [0.3, 0.4) is 0 Å². The number of aryl methyl sites for hydroxylation is 4.